The number of hydrogen-bond acceptors (Lipinski definition) is 2. The molecule has 2 unspecified atom stereocenters. The predicted molar refractivity (Wildman–Crippen MR) is 52.0 cm³/mol. The van der Waals surface area contributed by atoms with E-state index in [2.05, 4.69) is 10.0 Å². The lowest BCUT2D eigenvalue weighted by Crippen LogP contribution is -2.41. The second-order valence-electron chi connectivity index (χ2n) is 5.39. The van der Waals surface area contributed by atoms with Gasteiger partial charge in [0.05, 0.1) is 5.41 Å². The van der Waals surface area contributed by atoms with Crippen LogP contribution in [0.4, 0.5) is 0 Å². The summed E-state index contributed by atoms with van der Waals surface area (Å²) in [6.07, 6.45) is 3.55. The molecular weight excluding hydrogens is 194 g/mol. The zero-order valence-electron chi connectivity index (χ0n) is 8.39. The third-order valence-electron chi connectivity index (χ3n) is 5.05. The minimum Gasteiger partial charge on any atom is -0.481 e. The van der Waals surface area contributed by atoms with E-state index in [1.54, 1.807) is 0 Å². The fraction of sp³-hybridized carbons (Fsp3) is 0.900. The van der Waals surface area contributed by atoms with Crippen molar-refractivity contribution in [2.24, 2.45) is 27.8 Å². The van der Waals surface area contributed by atoms with E-state index in [9.17, 15) is 9.90 Å². The smallest absolute Gasteiger partial charge is 0.310 e. The lowest BCUT2D eigenvalue weighted by molar-refractivity contribution is -0.153. The van der Waals surface area contributed by atoms with Gasteiger partial charge >= 0.3 is 5.97 Å². The van der Waals surface area contributed by atoms with E-state index >= 15 is 0 Å². The highest BCUT2D eigenvalue weighted by Gasteiger charge is 2.74. The van der Waals surface area contributed by atoms with Gasteiger partial charge in [-0.1, -0.05) is 5.11 Å². The summed E-state index contributed by atoms with van der Waals surface area (Å²) in [5.74, 6) is 0.489. The minimum absolute atomic E-state index is 0.208. The highest BCUT2D eigenvalue weighted by atomic mass is 16.4. The number of hydrogen-bond donors (Lipinski definition) is 1. The van der Waals surface area contributed by atoms with E-state index in [1.807, 2.05) is 0 Å². The van der Waals surface area contributed by atoms with E-state index in [4.69, 9.17) is 5.53 Å². The quantitative estimate of drug-likeness (QED) is 0.437. The molecule has 4 bridgehead atoms. The average molecular weight is 207 g/mol. The predicted octanol–water partition coefficient (Wildman–Crippen LogP) is 2.19. The van der Waals surface area contributed by atoms with Gasteiger partial charge in [-0.2, -0.15) is 0 Å². The Bertz CT molecular complexity index is 372. The van der Waals surface area contributed by atoms with Gasteiger partial charge in [0.15, 0.2) is 0 Å². The van der Waals surface area contributed by atoms with Gasteiger partial charge in [-0.3, -0.25) is 4.79 Å². The first kappa shape index (κ1) is 9.04. The molecule has 0 saturated heterocycles. The van der Waals surface area contributed by atoms with E-state index < -0.39 is 11.4 Å². The number of azide groups is 1. The first-order valence-corrected chi connectivity index (χ1v) is 5.38. The highest BCUT2D eigenvalue weighted by Crippen LogP contribution is 2.76. The van der Waals surface area contributed by atoms with Crippen molar-refractivity contribution >= 4 is 5.97 Å². The molecule has 4 rings (SSSR count). The number of rotatable bonds is 3. The summed E-state index contributed by atoms with van der Waals surface area (Å²) in [6.45, 7) is 0.378. The van der Waals surface area contributed by atoms with Crippen LogP contribution in [0.25, 0.3) is 10.4 Å². The fourth-order valence-corrected chi connectivity index (χ4v) is 4.55. The highest BCUT2D eigenvalue weighted by molar-refractivity contribution is 5.78. The number of carboxylic acids is 1. The van der Waals surface area contributed by atoms with Gasteiger partial charge in [-0.25, -0.2) is 0 Å². The second-order valence-corrected chi connectivity index (χ2v) is 5.39. The Hall–Kier alpha value is -1.22. The minimum atomic E-state index is -0.668. The molecule has 5 nitrogen and oxygen atoms in total. The molecule has 4 aliphatic carbocycles. The molecule has 0 spiro atoms. The molecule has 80 valence electrons. The molecule has 0 aromatic rings. The number of nitrogens with zero attached hydrogens (tertiary/aromatic N) is 3. The molecule has 0 aromatic heterocycles. The normalized spacial score (nSPS) is 49.6. The number of aliphatic carboxylic acids is 1. The summed E-state index contributed by atoms with van der Waals surface area (Å²) >= 11 is 0. The first-order chi connectivity index (χ1) is 7.13. The third-order valence-corrected chi connectivity index (χ3v) is 5.05. The van der Waals surface area contributed by atoms with Gasteiger partial charge in [0.2, 0.25) is 0 Å². The van der Waals surface area contributed by atoms with E-state index in [1.165, 1.54) is 0 Å². The maximum Gasteiger partial charge on any atom is 0.310 e. The molecule has 4 fully saturated rings. The zero-order valence-corrected chi connectivity index (χ0v) is 8.39. The Balaban J connectivity index is 2.02. The van der Waals surface area contributed by atoms with E-state index in [-0.39, 0.29) is 5.41 Å². The Morgan fingerprint density at radius 3 is 2.47 bits per heavy atom. The molecule has 0 aromatic carbocycles. The lowest BCUT2D eigenvalue weighted by Gasteiger charge is -2.36. The van der Waals surface area contributed by atoms with E-state index in [0.717, 1.165) is 25.7 Å². The SMILES string of the molecule is [N-]=[N+]=NCC12CC3CC1(C(=O)O)CC3C2. The van der Waals surface area contributed by atoms with Crippen LogP contribution in [0.3, 0.4) is 0 Å². The molecule has 5 heteroatoms. The molecule has 4 saturated carbocycles. The monoisotopic (exact) mass is 207 g/mol. The summed E-state index contributed by atoms with van der Waals surface area (Å²) in [4.78, 5) is 14.2. The van der Waals surface area contributed by atoms with Gasteiger partial charge in [0.1, 0.15) is 0 Å². The summed E-state index contributed by atoms with van der Waals surface area (Å²) < 4.78 is 0. The Morgan fingerprint density at radius 1 is 1.40 bits per heavy atom. The summed E-state index contributed by atoms with van der Waals surface area (Å²) in [5, 5.41) is 13.1. The lowest BCUT2D eigenvalue weighted by atomic mass is 9.68. The molecule has 15 heavy (non-hydrogen) atoms. The van der Waals surface area contributed by atoms with Crippen molar-refractivity contribution in [3.8, 4) is 0 Å². The van der Waals surface area contributed by atoms with Crippen molar-refractivity contribution in [2.45, 2.75) is 25.7 Å². The standard InChI is InChI=1S/C10H13N3O2/c11-13-12-5-9-1-6-3-10(9,8(14)15)4-7(6)2-9/h6-7H,1-5H2,(H,14,15). The van der Waals surface area contributed by atoms with Crippen molar-refractivity contribution in [1.82, 2.24) is 0 Å². The van der Waals surface area contributed by atoms with Crippen LogP contribution in [-0.2, 0) is 4.79 Å². The van der Waals surface area contributed by atoms with Crippen LogP contribution in [-0.4, -0.2) is 17.6 Å². The topological polar surface area (TPSA) is 86.1 Å². The number of carbonyl (C=O) groups is 1. The summed E-state index contributed by atoms with van der Waals surface area (Å²) in [6, 6.07) is 0. The van der Waals surface area contributed by atoms with Gasteiger partial charge in [0.25, 0.3) is 0 Å². The molecule has 0 aliphatic heterocycles. The molecule has 0 amide bonds. The van der Waals surface area contributed by atoms with Crippen molar-refractivity contribution in [2.75, 3.05) is 6.54 Å². The van der Waals surface area contributed by atoms with E-state index in [0.29, 0.717) is 18.4 Å². The molecule has 1 N–H and O–H groups in total. The molecular formula is C10H13N3O2. The van der Waals surface area contributed by atoms with Crippen molar-refractivity contribution in [3.63, 3.8) is 0 Å². The zero-order chi connectivity index (χ0) is 10.7. The van der Waals surface area contributed by atoms with Crippen molar-refractivity contribution in [1.29, 1.82) is 0 Å². The van der Waals surface area contributed by atoms with Crippen LogP contribution >= 0.6 is 0 Å². The second kappa shape index (κ2) is 2.47. The molecule has 2 atom stereocenters. The Labute approximate surface area is 87.1 Å². The molecule has 0 radical (unpaired) electrons. The van der Waals surface area contributed by atoms with Crippen LogP contribution in [0.2, 0.25) is 0 Å². The Morgan fingerprint density at radius 2 is 2.00 bits per heavy atom. The molecule has 0 heterocycles. The van der Waals surface area contributed by atoms with Gasteiger partial charge in [-0.15, -0.1) is 0 Å². The van der Waals surface area contributed by atoms with Crippen molar-refractivity contribution < 1.29 is 9.90 Å². The fourth-order valence-electron chi connectivity index (χ4n) is 4.55. The summed E-state index contributed by atoms with van der Waals surface area (Å²) in [5.41, 5.74) is 7.62. The van der Waals surface area contributed by atoms with Crippen LogP contribution < -0.4 is 0 Å². The maximum atomic E-state index is 11.5. The van der Waals surface area contributed by atoms with Gasteiger partial charge < -0.3 is 5.11 Å². The van der Waals surface area contributed by atoms with Gasteiger partial charge in [0, 0.05) is 11.5 Å². The average Bonchev–Trinajstić information content (AvgIpc) is 2.83. The van der Waals surface area contributed by atoms with Crippen LogP contribution in [0.5, 0.6) is 0 Å². The summed E-state index contributed by atoms with van der Waals surface area (Å²) in [7, 11) is 0. The number of carboxylic acid groups (broad SMARTS) is 1. The Kier molecular flexibility index (Phi) is 1.49. The van der Waals surface area contributed by atoms with Crippen LogP contribution in [0, 0.1) is 22.7 Å². The van der Waals surface area contributed by atoms with Crippen LogP contribution in [0.15, 0.2) is 5.11 Å². The van der Waals surface area contributed by atoms with Crippen molar-refractivity contribution in [3.05, 3.63) is 10.4 Å². The largest absolute Gasteiger partial charge is 0.481 e. The van der Waals surface area contributed by atoms with Crippen LogP contribution in [0.1, 0.15) is 25.7 Å². The third kappa shape index (κ3) is 0.811. The molecule has 4 aliphatic rings. The maximum absolute atomic E-state index is 11.5. The van der Waals surface area contributed by atoms with Gasteiger partial charge in [-0.05, 0) is 48.5 Å². The first-order valence-electron chi connectivity index (χ1n) is 5.38.